The number of carbonyl (C=O) groups is 1. The van der Waals surface area contributed by atoms with Gasteiger partial charge in [-0.15, -0.1) is 0 Å². The summed E-state index contributed by atoms with van der Waals surface area (Å²) < 4.78 is 32.9. The maximum atomic E-state index is 13.6. The minimum atomic E-state index is -3.66. The van der Waals surface area contributed by atoms with Crippen molar-refractivity contribution in [2.24, 2.45) is 0 Å². The Bertz CT molecular complexity index is 1270. The molecule has 1 fully saturated rings. The van der Waals surface area contributed by atoms with Crippen molar-refractivity contribution in [3.63, 3.8) is 0 Å². The van der Waals surface area contributed by atoms with Crippen LogP contribution < -0.4 is 10.2 Å². The second kappa shape index (κ2) is 9.58. The summed E-state index contributed by atoms with van der Waals surface area (Å²) in [5.74, 6) is -0.205. The molecule has 0 bridgehead atoms. The van der Waals surface area contributed by atoms with Gasteiger partial charge in [0.15, 0.2) is 0 Å². The van der Waals surface area contributed by atoms with Crippen LogP contribution in [0.1, 0.15) is 17.2 Å². The number of morpholine rings is 1. The van der Waals surface area contributed by atoms with Crippen molar-refractivity contribution < 1.29 is 17.9 Å². The molecule has 34 heavy (non-hydrogen) atoms. The molecule has 1 atom stereocenters. The molecule has 1 amide bonds. The van der Waals surface area contributed by atoms with E-state index >= 15 is 0 Å². The molecule has 0 spiro atoms. The Morgan fingerprint density at radius 1 is 0.882 bits per heavy atom. The molecule has 3 aromatic carbocycles. The number of anilines is 2. The molecule has 8 heteroatoms. The van der Waals surface area contributed by atoms with Gasteiger partial charge in [-0.2, -0.15) is 4.31 Å². The van der Waals surface area contributed by atoms with E-state index in [0.29, 0.717) is 32.0 Å². The van der Waals surface area contributed by atoms with Crippen molar-refractivity contribution in [1.82, 2.24) is 4.31 Å². The third-order valence-corrected chi connectivity index (χ3v) is 8.20. The quantitative estimate of drug-likeness (QED) is 0.588. The highest BCUT2D eigenvalue weighted by Gasteiger charge is 2.33. The largest absolute Gasteiger partial charge is 0.379 e. The maximum Gasteiger partial charge on any atom is 0.251 e. The average molecular weight is 478 g/mol. The second-order valence-electron chi connectivity index (χ2n) is 8.42. The average Bonchev–Trinajstić information content (AvgIpc) is 3.29. The zero-order valence-corrected chi connectivity index (χ0v) is 19.6. The third kappa shape index (κ3) is 4.44. The van der Waals surface area contributed by atoms with E-state index in [1.807, 2.05) is 48.5 Å². The molecule has 176 valence electrons. The fourth-order valence-electron chi connectivity index (χ4n) is 4.62. The molecule has 2 heterocycles. The molecule has 2 aliphatic heterocycles. The molecule has 7 nitrogen and oxygen atoms in total. The molecule has 2 aliphatic rings. The van der Waals surface area contributed by atoms with Gasteiger partial charge in [-0.1, -0.05) is 54.6 Å². The number of sulfonamides is 1. The number of para-hydroxylation sites is 1. The van der Waals surface area contributed by atoms with E-state index in [-0.39, 0.29) is 10.8 Å². The van der Waals surface area contributed by atoms with E-state index in [2.05, 4.69) is 16.3 Å². The Balaban J connectivity index is 1.43. The van der Waals surface area contributed by atoms with E-state index < -0.39 is 16.1 Å². The van der Waals surface area contributed by atoms with Gasteiger partial charge in [0.2, 0.25) is 10.0 Å². The molecule has 5 rings (SSSR count). The number of ether oxygens (including phenoxy) is 1. The topological polar surface area (TPSA) is 79.0 Å². The first-order valence-electron chi connectivity index (χ1n) is 11.4. The van der Waals surface area contributed by atoms with Gasteiger partial charge in [0.05, 0.1) is 18.1 Å². The number of amides is 1. The molecule has 3 aromatic rings. The number of rotatable bonds is 6. The Morgan fingerprint density at radius 3 is 2.41 bits per heavy atom. The first kappa shape index (κ1) is 22.6. The molecule has 0 aromatic heterocycles. The van der Waals surface area contributed by atoms with E-state index in [1.54, 1.807) is 18.2 Å². The number of hydrogen-bond acceptors (Lipinski definition) is 5. The van der Waals surface area contributed by atoms with Crippen molar-refractivity contribution >= 4 is 27.3 Å². The lowest BCUT2D eigenvalue weighted by molar-refractivity contribution is -0.117. The predicted molar refractivity (Wildman–Crippen MR) is 131 cm³/mol. The molecule has 0 unspecified atom stereocenters. The summed E-state index contributed by atoms with van der Waals surface area (Å²) in [4.78, 5) is 15.9. The number of nitrogens with one attached hydrogen (secondary N) is 1. The summed E-state index contributed by atoms with van der Waals surface area (Å²) in [6, 6.07) is 23.7. The minimum Gasteiger partial charge on any atom is -0.379 e. The van der Waals surface area contributed by atoms with Crippen LogP contribution in [0.3, 0.4) is 0 Å². The van der Waals surface area contributed by atoms with E-state index in [4.69, 9.17) is 4.74 Å². The number of carbonyl (C=O) groups excluding carboxylic acids is 1. The van der Waals surface area contributed by atoms with Gasteiger partial charge >= 0.3 is 0 Å². The van der Waals surface area contributed by atoms with E-state index in [1.165, 1.54) is 15.9 Å². The summed E-state index contributed by atoms with van der Waals surface area (Å²) >= 11 is 0. The van der Waals surface area contributed by atoms with Gasteiger partial charge < -0.3 is 15.0 Å². The van der Waals surface area contributed by atoms with Gasteiger partial charge in [-0.25, -0.2) is 8.42 Å². The van der Waals surface area contributed by atoms with Crippen LogP contribution in [-0.4, -0.2) is 51.5 Å². The van der Waals surface area contributed by atoms with Crippen molar-refractivity contribution in [1.29, 1.82) is 0 Å². The lowest BCUT2D eigenvalue weighted by Gasteiger charge is -2.30. The predicted octanol–water partition coefficient (Wildman–Crippen LogP) is 3.45. The van der Waals surface area contributed by atoms with E-state index in [0.717, 1.165) is 24.2 Å². The van der Waals surface area contributed by atoms with Crippen molar-refractivity contribution in [2.45, 2.75) is 17.4 Å². The Hall–Kier alpha value is -3.20. The molecule has 0 aliphatic carbocycles. The number of hydrogen-bond donors (Lipinski definition) is 1. The molecule has 1 N–H and O–H groups in total. The van der Waals surface area contributed by atoms with Crippen LogP contribution in [0.2, 0.25) is 0 Å². The van der Waals surface area contributed by atoms with E-state index in [9.17, 15) is 13.2 Å². The van der Waals surface area contributed by atoms with Gasteiger partial charge in [-0.3, -0.25) is 4.79 Å². The molecular formula is C26H27N3O4S. The fraction of sp³-hybridized carbons (Fsp3) is 0.269. The molecule has 0 saturated carbocycles. The van der Waals surface area contributed by atoms with Crippen LogP contribution in [0.4, 0.5) is 11.4 Å². The van der Waals surface area contributed by atoms with Gasteiger partial charge in [0, 0.05) is 31.0 Å². The number of fused-ring (bicyclic) bond motifs is 1. The lowest BCUT2D eigenvalue weighted by Crippen LogP contribution is -2.40. The van der Waals surface area contributed by atoms with Crippen LogP contribution in [-0.2, 0) is 26.0 Å². The summed E-state index contributed by atoms with van der Waals surface area (Å²) in [6.07, 6.45) is 0.875. The molecule has 0 radical (unpaired) electrons. The first-order chi connectivity index (χ1) is 16.5. The van der Waals surface area contributed by atoms with Crippen molar-refractivity contribution in [2.75, 3.05) is 43.1 Å². The molecule has 1 saturated heterocycles. The van der Waals surface area contributed by atoms with Gasteiger partial charge in [0.1, 0.15) is 6.04 Å². The fourth-order valence-corrected chi connectivity index (χ4v) is 6.08. The second-order valence-corrected chi connectivity index (χ2v) is 10.4. The third-order valence-electron chi connectivity index (χ3n) is 6.31. The van der Waals surface area contributed by atoms with Crippen LogP contribution in [0.25, 0.3) is 0 Å². The van der Waals surface area contributed by atoms with Gasteiger partial charge in [-0.05, 0) is 41.8 Å². The number of nitrogens with zero attached hydrogens (tertiary/aromatic N) is 2. The summed E-state index contributed by atoms with van der Waals surface area (Å²) in [7, 11) is -3.66. The van der Waals surface area contributed by atoms with Crippen molar-refractivity contribution in [3.8, 4) is 0 Å². The Labute approximate surface area is 200 Å². The summed E-state index contributed by atoms with van der Waals surface area (Å²) in [6.45, 7) is 2.14. The summed E-state index contributed by atoms with van der Waals surface area (Å²) in [5.41, 5.74) is 3.60. The molecular weight excluding hydrogens is 450 g/mol. The Kier molecular flexibility index (Phi) is 6.36. The first-order valence-corrected chi connectivity index (χ1v) is 12.9. The smallest absolute Gasteiger partial charge is 0.251 e. The van der Waals surface area contributed by atoms with Crippen LogP contribution in [0, 0.1) is 0 Å². The highest BCUT2D eigenvalue weighted by atomic mass is 32.2. The lowest BCUT2D eigenvalue weighted by atomic mass is 10.0. The standard InChI is InChI=1S/C26H27N3O4S/c30-26(27-22-10-6-11-23(19-22)34(31,32)28-15-17-33-18-16-28)25(21-8-2-1-3-9-21)29-14-13-20-7-4-5-12-24(20)29/h1-12,19,25H,13-18H2,(H,27,30)/t25-/m0/s1. The highest BCUT2D eigenvalue weighted by molar-refractivity contribution is 7.89. The maximum absolute atomic E-state index is 13.6. The van der Waals surface area contributed by atoms with Crippen LogP contribution in [0.5, 0.6) is 0 Å². The zero-order chi connectivity index (χ0) is 23.5. The zero-order valence-electron chi connectivity index (χ0n) is 18.8. The minimum absolute atomic E-state index is 0.162. The van der Waals surface area contributed by atoms with Crippen LogP contribution >= 0.6 is 0 Å². The highest BCUT2D eigenvalue weighted by Crippen LogP contribution is 2.36. The van der Waals surface area contributed by atoms with Crippen LogP contribution in [0.15, 0.2) is 83.8 Å². The Morgan fingerprint density at radius 2 is 1.62 bits per heavy atom. The monoisotopic (exact) mass is 477 g/mol. The van der Waals surface area contributed by atoms with Crippen molar-refractivity contribution in [3.05, 3.63) is 90.0 Å². The normalized spacial score (nSPS) is 17.2. The SMILES string of the molecule is O=C(Nc1cccc(S(=O)(=O)N2CCOCC2)c1)[C@H](c1ccccc1)N1CCc2ccccc21. The number of benzene rings is 3. The summed E-state index contributed by atoms with van der Waals surface area (Å²) in [5, 5.41) is 2.98. The van der Waals surface area contributed by atoms with Gasteiger partial charge in [0.25, 0.3) is 5.91 Å².